The molecule has 0 amide bonds. The predicted molar refractivity (Wildman–Crippen MR) is 125 cm³/mol. The van der Waals surface area contributed by atoms with Crippen molar-refractivity contribution in [2.24, 2.45) is 0 Å². The van der Waals surface area contributed by atoms with Crippen molar-refractivity contribution in [2.75, 3.05) is 13.2 Å². The van der Waals surface area contributed by atoms with Crippen LogP contribution in [0.2, 0.25) is 0 Å². The molecule has 1 N–H and O–H groups in total. The summed E-state index contributed by atoms with van der Waals surface area (Å²) in [5, 5.41) is 9.79. The molecule has 174 valence electrons. The molecule has 0 aliphatic carbocycles. The molecule has 0 aromatic heterocycles. The van der Waals surface area contributed by atoms with E-state index in [1.807, 2.05) is 13.0 Å². The predicted octanol–water partition coefficient (Wildman–Crippen LogP) is 6.19. The zero-order valence-electron chi connectivity index (χ0n) is 20.6. The fourth-order valence-electron chi connectivity index (χ4n) is 3.09. The number of ketones is 1. The standard InChI is InChI=1S/C26H40O5/c1-9-10-15-31-24(29)23(18(2)27)21(28)12-11-16-30-22-14-13-19(25(3,4)5)17-20(22)26(6,7)8/h13-14,17,27H,9-12,15-16H2,1-8H3/b23-18+. The minimum atomic E-state index is -0.757. The third kappa shape index (κ3) is 8.39. The maximum Gasteiger partial charge on any atom is 0.345 e. The van der Waals surface area contributed by atoms with Crippen molar-refractivity contribution in [3.63, 3.8) is 0 Å². The smallest absolute Gasteiger partial charge is 0.345 e. The average molecular weight is 433 g/mol. The quantitative estimate of drug-likeness (QED) is 0.119. The number of Topliss-reactive ketones (excluding diaryl/α,β-unsaturated/α-hetero) is 1. The summed E-state index contributed by atoms with van der Waals surface area (Å²) in [7, 11) is 0. The summed E-state index contributed by atoms with van der Waals surface area (Å²) in [6.07, 6.45) is 2.13. The molecule has 0 heterocycles. The highest BCUT2D eigenvalue weighted by Gasteiger charge is 2.24. The lowest BCUT2D eigenvalue weighted by molar-refractivity contribution is -0.140. The van der Waals surface area contributed by atoms with Crippen molar-refractivity contribution in [1.82, 2.24) is 0 Å². The highest BCUT2D eigenvalue weighted by atomic mass is 16.5. The van der Waals surface area contributed by atoms with E-state index in [9.17, 15) is 14.7 Å². The largest absolute Gasteiger partial charge is 0.512 e. The molecule has 0 fully saturated rings. The highest BCUT2D eigenvalue weighted by molar-refractivity contribution is 6.17. The number of allylic oxidation sites excluding steroid dienone is 1. The minimum absolute atomic E-state index is 0.0432. The second-order valence-corrected chi connectivity index (χ2v) is 10.0. The Kier molecular flexibility index (Phi) is 9.79. The highest BCUT2D eigenvalue weighted by Crippen LogP contribution is 2.35. The number of hydrogen-bond acceptors (Lipinski definition) is 5. The van der Waals surface area contributed by atoms with Crippen LogP contribution in [0.5, 0.6) is 5.75 Å². The zero-order valence-corrected chi connectivity index (χ0v) is 20.6. The van der Waals surface area contributed by atoms with Crippen LogP contribution < -0.4 is 4.74 Å². The number of aliphatic hydroxyl groups excluding tert-OH is 1. The third-order valence-electron chi connectivity index (χ3n) is 5.04. The van der Waals surface area contributed by atoms with Gasteiger partial charge in [0, 0.05) is 6.42 Å². The van der Waals surface area contributed by atoms with Crippen molar-refractivity contribution in [3.05, 3.63) is 40.7 Å². The Labute approximate surface area is 187 Å². The Morgan fingerprint density at radius 2 is 1.61 bits per heavy atom. The van der Waals surface area contributed by atoms with E-state index in [0.29, 0.717) is 13.0 Å². The van der Waals surface area contributed by atoms with Gasteiger partial charge >= 0.3 is 5.97 Å². The van der Waals surface area contributed by atoms with Crippen LogP contribution in [0.25, 0.3) is 0 Å². The van der Waals surface area contributed by atoms with Gasteiger partial charge in [-0.05, 0) is 47.8 Å². The first-order valence-electron chi connectivity index (χ1n) is 11.2. The molecule has 0 atom stereocenters. The normalized spacial score (nSPS) is 12.9. The van der Waals surface area contributed by atoms with Gasteiger partial charge in [-0.2, -0.15) is 0 Å². The van der Waals surface area contributed by atoms with Gasteiger partial charge in [-0.1, -0.05) is 67.0 Å². The summed E-state index contributed by atoms with van der Waals surface area (Å²) >= 11 is 0. The average Bonchev–Trinajstić information content (AvgIpc) is 2.63. The van der Waals surface area contributed by atoms with Crippen LogP contribution in [0, 0.1) is 0 Å². The van der Waals surface area contributed by atoms with Crippen LogP contribution in [0.4, 0.5) is 0 Å². The summed E-state index contributed by atoms with van der Waals surface area (Å²) in [6, 6.07) is 6.28. The molecule has 1 aromatic rings. The number of unbranched alkanes of at least 4 members (excludes halogenated alkanes) is 1. The number of hydrogen-bond donors (Lipinski definition) is 1. The lowest BCUT2D eigenvalue weighted by atomic mass is 9.80. The molecular weight excluding hydrogens is 392 g/mol. The first kappa shape index (κ1) is 26.7. The Bertz CT molecular complexity index is 787. The van der Waals surface area contributed by atoms with Crippen molar-refractivity contribution >= 4 is 11.8 Å². The van der Waals surface area contributed by atoms with Gasteiger partial charge < -0.3 is 14.6 Å². The van der Waals surface area contributed by atoms with Gasteiger partial charge in [0.1, 0.15) is 17.1 Å². The fourth-order valence-corrected chi connectivity index (χ4v) is 3.09. The maximum atomic E-state index is 12.5. The summed E-state index contributed by atoms with van der Waals surface area (Å²) < 4.78 is 11.1. The number of rotatable bonds is 10. The van der Waals surface area contributed by atoms with E-state index >= 15 is 0 Å². The van der Waals surface area contributed by atoms with Crippen LogP contribution in [-0.4, -0.2) is 30.1 Å². The van der Waals surface area contributed by atoms with Gasteiger partial charge in [0.05, 0.1) is 13.2 Å². The topological polar surface area (TPSA) is 72.8 Å². The molecule has 0 bridgehead atoms. The number of carbonyl (C=O) groups is 2. The molecule has 5 heteroatoms. The van der Waals surface area contributed by atoms with E-state index in [4.69, 9.17) is 9.47 Å². The minimum Gasteiger partial charge on any atom is -0.512 e. The Hall–Kier alpha value is -2.30. The summed E-state index contributed by atoms with van der Waals surface area (Å²) in [4.78, 5) is 24.6. The summed E-state index contributed by atoms with van der Waals surface area (Å²) in [6.45, 7) is 16.9. The molecule has 5 nitrogen and oxygen atoms in total. The van der Waals surface area contributed by atoms with Crippen LogP contribution in [-0.2, 0) is 25.2 Å². The molecule has 0 aliphatic rings. The van der Waals surface area contributed by atoms with Gasteiger partial charge in [0.15, 0.2) is 5.78 Å². The first-order valence-corrected chi connectivity index (χ1v) is 11.2. The third-order valence-corrected chi connectivity index (χ3v) is 5.04. The van der Waals surface area contributed by atoms with E-state index < -0.39 is 11.8 Å². The number of ether oxygens (including phenoxy) is 2. The Balaban J connectivity index is 2.78. The van der Waals surface area contributed by atoms with E-state index in [-0.39, 0.29) is 35.2 Å². The molecular formula is C26H40O5. The van der Waals surface area contributed by atoms with Crippen LogP contribution >= 0.6 is 0 Å². The molecule has 0 aliphatic heterocycles. The van der Waals surface area contributed by atoms with Crippen LogP contribution in [0.15, 0.2) is 29.5 Å². The molecule has 0 radical (unpaired) electrons. The van der Waals surface area contributed by atoms with Gasteiger partial charge in [0.25, 0.3) is 0 Å². The second-order valence-electron chi connectivity index (χ2n) is 10.0. The van der Waals surface area contributed by atoms with Gasteiger partial charge in [-0.15, -0.1) is 0 Å². The molecule has 1 aromatic carbocycles. The molecule has 0 spiro atoms. The molecule has 0 saturated heterocycles. The summed E-state index contributed by atoms with van der Waals surface area (Å²) in [5.41, 5.74) is 2.06. The van der Waals surface area contributed by atoms with E-state index in [0.717, 1.165) is 24.2 Å². The molecule has 31 heavy (non-hydrogen) atoms. The van der Waals surface area contributed by atoms with E-state index in [1.165, 1.54) is 12.5 Å². The zero-order chi connectivity index (χ0) is 23.8. The molecule has 0 unspecified atom stereocenters. The number of esters is 1. The van der Waals surface area contributed by atoms with Gasteiger partial charge in [-0.25, -0.2) is 4.79 Å². The number of carbonyl (C=O) groups excluding carboxylic acids is 2. The van der Waals surface area contributed by atoms with Gasteiger partial charge in [-0.3, -0.25) is 4.79 Å². The summed E-state index contributed by atoms with van der Waals surface area (Å²) in [5.74, 6) is -0.683. The first-order chi connectivity index (χ1) is 14.3. The SMILES string of the molecule is CCCCOC(=O)/C(C(=O)CCCOc1ccc(C(C)(C)C)cc1C(C)(C)C)=C(\C)O. The van der Waals surface area contributed by atoms with Crippen molar-refractivity contribution < 1.29 is 24.2 Å². The van der Waals surface area contributed by atoms with Gasteiger partial charge in [0.2, 0.25) is 0 Å². The number of aliphatic hydroxyl groups is 1. The lowest BCUT2D eigenvalue weighted by Crippen LogP contribution is -2.19. The Morgan fingerprint density at radius 1 is 0.968 bits per heavy atom. The van der Waals surface area contributed by atoms with Crippen LogP contribution in [0.3, 0.4) is 0 Å². The van der Waals surface area contributed by atoms with E-state index in [1.54, 1.807) is 0 Å². The molecule has 0 saturated carbocycles. The van der Waals surface area contributed by atoms with Crippen molar-refractivity contribution in [2.45, 2.75) is 91.9 Å². The second kappa shape index (κ2) is 11.4. The fraction of sp³-hybridized carbons (Fsp3) is 0.615. The van der Waals surface area contributed by atoms with E-state index in [2.05, 4.69) is 53.7 Å². The molecule has 1 rings (SSSR count). The monoisotopic (exact) mass is 432 g/mol. The van der Waals surface area contributed by atoms with Crippen molar-refractivity contribution in [3.8, 4) is 5.75 Å². The number of benzene rings is 1. The Morgan fingerprint density at radius 3 is 2.13 bits per heavy atom. The van der Waals surface area contributed by atoms with Crippen LogP contribution in [0.1, 0.15) is 92.2 Å². The maximum absolute atomic E-state index is 12.5. The van der Waals surface area contributed by atoms with Crippen molar-refractivity contribution in [1.29, 1.82) is 0 Å². The lowest BCUT2D eigenvalue weighted by Gasteiger charge is -2.27.